The number of hydrogen-bond donors (Lipinski definition) is 2. The standard InChI is InChI=1S/C25H21ClF2N4O2/c1-15-3-4-16(24-14-32(31-30-24)9-2-10-33)11-20(15)25(34)19-7-6-18(13-21(19)26)29-23-8-5-17(27)12-22(23)28/h3-8,11-14,29,33H,2,9-10H2,1H3. The van der Waals surface area contributed by atoms with E-state index < -0.39 is 11.6 Å². The summed E-state index contributed by atoms with van der Waals surface area (Å²) in [5, 5.41) is 20.2. The van der Waals surface area contributed by atoms with Gasteiger partial charge in [-0.25, -0.2) is 8.78 Å². The number of aliphatic hydroxyl groups excluding tert-OH is 1. The van der Waals surface area contributed by atoms with Gasteiger partial charge in [-0.05, 0) is 55.3 Å². The van der Waals surface area contributed by atoms with Gasteiger partial charge in [-0.3, -0.25) is 9.48 Å². The Kier molecular flexibility index (Phi) is 7.00. The van der Waals surface area contributed by atoms with Crippen molar-refractivity contribution in [2.24, 2.45) is 0 Å². The first-order chi connectivity index (χ1) is 16.4. The highest BCUT2D eigenvalue weighted by Gasteiger charge is 2.18. The van der Waals surface area contributed by atoms with Gasteiger partial charge < -0.3 is 10.4 Å². The monoisotopic (exact) mass is 482 g/mol. The smallest absolute Gasteiger partial charge is 0.194 e. The third-order valence-corrected chi connectivity index (χ3v) is 5.60. The molecule has 0 aliphatic carbocycles. The second-order valence-corrected chi connectivity index (χ2v) is 8.15. The SMILES string of the molecule is Cc1ccc(-c2cn(CCCO)nn2)cc1C(=O)c1ccc(Nc2ccc(F)cc2F)cc1Cl. The summed E-state index contributed by atoms with van der Waals surface area (Å²) >= 11 is 6.41. The number of nitrogens with one attached hydrogen (secondary N) is 1. The van der Waals surface area contributed by atoms with E-state index in [1.807, 2.05) is 19.1 Å². The number of carbonyl (C=O) groups excluding carboxylic acids is 1. The zero-order valence-corrected chi connectivity index (χ0v) is 19.0. The van der Waals surface area contributed by atoms with Crippen LogP contribution >= 0.6 is 11.6 Å². The molecular formula is C25H21ClF2N4O2. The summed E-state index contributed by atoms with van der Waals surface area (Å²) < 4.78 is 28.7. The molecule has 1 heterocycles. The lowest BCUT2D eigenvalue weighted by atomic mass is 9.96. The Morgan fingerprint density at radius 1 is 1.09 bits per heavy atom. The minimum absolute atomic E-state index is 0.0618. The van der Waals surface area contributed by atoms with E-state index in [1.54, 1.807) is 29.1 Å². The van der Waals surface area contributed by atoms with Gasteiger partial charge in [0.2, 0.25) is 0 Å². The average molecular weight is 483 g/mol. The molecule has 4 aromatic rings. The molecule has 3 aromatic carbocycles. The summed E-state index contributed by atoms with van der Waals surface area (Å²) in [6.07, 6.45) is 2.33. The van der Waals surface area contributed by atoms with Crippen LogP contribution in [0.2, 0.25) is 5.02 Å². The number of ketones is 1. The fourth-order valence-corrected chi connectivity index (χ4v) is 3.73. The van der Waals surface area contributed by atoms with Crippen molar-refractivity contribution < 1.29 is 18.7 Å². The molecular weight excluding hydrogens is 462 g/mol. The van der Waals surface area contributed by atoms with Gasteiger partial charge in [0.05, 0.1) is 16.9 Å². The van der Waals surface area contributed by atoms with Crippen LogP contribution in [-0.2, 0) is 6.54 Å². The Labute approximate surface area is 199 Å². The van der Waals surface area contributed by atoms with Gasteiger partial charge in [0.15, 0.2) is 5.78 Å². The highest BCUT2D eigenvalue weighted by Crippen LogP contribution is 2.29. The number of aryl methyl sites for hydroxylation is 2. The summed E-state index contributed by atoms with van der Waals surface area (Å²) in [6.45, 7) is 2.43. The summed E-state index contributed by atoms with van der Waals surface area (Å²) in [5.74, 6) is -1.68. The van der Waals surface area contributed by atoms with E-state index in [9.17, 15) is 13.6 Å². The molecule has 6 nitrogen and oxygen atoms in total. The van der Waals surface area contributed by atoms with Crippen LogP contribution < -0.4 is 5.32 Å². The van der Waals surface area contributed by atoms with Crippen molar-refractivity contribution >= 4 is 28.8 Å². The summed E-state index contributed by atoms with van der Waals surface area (Å²) in [4.78, 5) is 13.3. The van der Waals surface area contributed by atoms with Gasteiger partial charge in [0, 0.05) is 41.6 Å². The van der Waals surface area contributed by atoms with Crippen LogP contribution in [0, 0.1) is 18.6 Å². The third-order valence-electron chi connectivity index (χ3n) is 5.29. The number of benzene rings is 3. The predicted molar refractivity (Wildman–Crippen MR) is 126 cm³/mol. The molecule has 174 valence electrons. The molecule has 4 rings (SSSR count). The van der Waals surface area contributed by atoms with Gasteiger partial charge in [0.25, 0.3) is 0 Å². The average Bonchev–Trinajstić information content (AvgIpc) is 3.28. The summed E-state index contributed by atoms with van der Waals surface area (Å²) in [6, 6.07) is 13.3. The number of aromatic nitrogens is 3. The van der Waals surface area contributed by atoms with Gasteiger partial charge in [-0.2, -0.15) is 0 Å². The molecule has 0 fully saturated rings. The lowest BCUT2D eigenvalue weighted by Crippen LogP contribution is -2.05. The zero-order chi connectivity index (χ0) is 24.2. The van der Waals surface area contributed by atoms with Crippen LogP contribution in [-0.4, -0.2) is 32.5 Å². The summed E-state index contributed by atoms with van der Waals surface area (Å²) in [5.41, 5.74) is 3.41. The van der Waals surface area contributed by atoms with Crippen molar-refractivity contribution in [1.29, 1.82) is 0 Å². The summed E-state index contributed by atoms with van der Waals surface area (Å²) in [7, 11) is 0. The van der Waals surface area contributed by atoms with Crippen molar-refractivity contribution in [2.75, 3.05) is 11.9 Å². The minimum Gasteiger partial charge on any atom is -0.396 e. The van der Waals surface area contributed by atoms with Crippen molar-refractivity contribution in [3.05, 3.63) is 94.1 Å². The number of aliphatic hydroxyl groups is 1. The predicted octanol–water partition coefficient (Wildman–Crippen LogP) is 5.54. The van der Waals surface area contributed by atoms with Gasteiger partial charge in [-0.1, -0.05) is 28.9 Å². The normalized spacial score (nSPS) is 11.0. The first-order valence-electron chi connectivity index (χ1n) is 10.5. The Morgan fingerprint density at radius 2 is 1.91 bits per heavy atom. The molecule has 0 unspecified atom stereocenters. The lowest BCUT2D eigenvalue weighted by Gasteiger charge is -2.12. The van der Waals surface area contributed by atoms with Crippen molar-refractivity contribution in [3.63, 3.8) is 0 Å². The molecule has 1 aromatic heterocycles. The van der Waals surface area contributed by atoms with E-state index >= 15 is 0 Å². The molecule has 0 aliphatic heterocycles. The fourth-order valence-electron chi connectivity index (χ4n) is 3.47. The number of rotatable bonds is 8. The molecule has 34 heavy (non-hydrogen) atoms. The second kappa shape index (κ2) is 10.1. The zero-order valence-electron chi connectivity index (χ0n) is 18.2. The molecule has 0 radical (unpaired) electrons. The van der Waals surface area contributed by atoms with Gasteiger partial charge in [0.1, 0.15) is 17.3 Å². The maximum atomic E-state index is 13.9. The number of carbonyl (C=O) groups is 1. The van der Waals surface area contributed by atoms with Crippen molar-refractivity contribution in [2.45, 2.75) is 19.9 Å². The van der Waals surface area contributed by atoms with Crippen molar-refractivity contribution in [1.82, 2.24) is 15.0 Å². The Balaban J connectivity index is 1.58. The van der Waals surface area contributed by atoms with Gasteiger partial charge >= 0.3 is 0 Å². The largest absolute Gasteiger partial charge is 0.396 e. The number of nitrogens with zero attached hydrogens (tertiary/aromatic N) is 3. The minimum atomic E-state index is -0.739. The fraction of sp³-hybridized carbons (Fsp3) is 0.160. The quantitative estimate of drug-likeness (QED) is 0.322. The molecule has 0 saturated heterocycles. The molecule has 0 aliphatic rings. The molecule has 0 bridgehead atoms. The Hall–Kier alpha value is -3.62. The van der Waals surface area contributed by atoms with Crippen LogP contribution in [0.25, 0.3) is 11.3 Å². The number of halogens is 3. The second-order valence-electron chi connectivity index (χ2n) is 7.75. The van der Waals surface area contributed by atoms with Crippen LogP contribution in [0.3, 0.4) is 0 Å². The van der Waals surface area contributed by atoms with Crippen molar-refractivity contribution in [3.8, 4) is 11.3 Å². The topological polar surface area (TPSA) is 80.0 Å². The number of hydrogen-bond acceptors (Lipinski definition) is 5. The third kappa shape index (κ3) is 5.13. The van der Waals surface area contributed by atoms with E-state index in [2.05, 4.69) is 15.6 Å². The lowest BCUT2D eigenvalue weighted by molar-refractivity contribution is 0.103. The van der Waals surface area contributed by atoms with Crippen LogP contribution in [0.5, 0.6) is 0 Å². The Morgan fingerprint density at radius 3 is 2.65 bits per heavy atom. The van der Waals surface area contributed by atoms with Gasteiger partial charge in [-0.15, -0.1) is 5.10 Å². The van der Waals surface area contributed by atoms with E-state index in [4.69, 9.17) is 16.7 Å². The van der Waals surface area contributed by atoms with Crippen LogP contribution in [0.4, 0.5) is 20.2 Å². The first-order valence-corrected chi connectivity index (χ1v) is 10.9. The highest BCUT2D eigenvalue weighted by molar-refractivity contribution is 6.35. The number of anilines is 2. The molecule has 0 atom stereocenters. The molecule has 0 amide bonds. The van der Waals surface area contributed by atoms with E-state index in [1.165, 1.54) is 12.1 Å². The van der Waals surface area contributed by atoms with Crippen LogP contribution in [0.1, 0.15) is 27.9 Å². The Bertz CT molecular complexity index is 1360. The molecule has 0 spiro atoms. The van der Waals surface area contributed by atoms with E-state index in [0.29, 0.717) is 35.5 Å². The molecule has 9 heteroatoms. The van der Waals surface area contributed by atoms with E-state index in [0.717, 1.165) is 23.3 Å². The molecule has 2 N–H and O–H groups in total. The highest BCUT2D eigenvalue weighted by atomic mass is 35.5. The molecule has 0 saturated carbocycles. The maximum Gasteiger partial charge on any atom is 0.194 e. The first kappa shape index (κ1) is 23.5. The maximum absolute atomic E-state index is 13.9. The van der Waals surface area contributed by atoms with Crippen LogP contribution in [0.15, 0.2) is 60.8 Å². The van der Waals surface area contributed by atoms with E-state index in [-0.39, 0.29) is 23.1 Å².